The van der Waals surface area contributed by atoms with Gasteiger partial charge in [0.2, 0.25) is 0 Å². The lowest BCUT2D eigenvalue weighted by molar-refractivity contribution is 0.593. The third-order valence-corrected chi connectivity index (χ3v) is 2.29. The first-order valence-corrected chi connectivity index (χ1v) is 4.48. The van der Waals surface area contributed by atoms with Gasteiger partial charge in [0, 0.05) is 12.5 Å². The summed E-state index contributed by atoms with van der Waals surface area (Å²) in [5.41, 5.74) is 6.13. The Hall–Kier alpha value is -0.540. The molecular weight excluding hydrogens is 173 g/mol. The second-order valence-corrected chi connectivity index (χ2v) is 3.00. The van der Waals surface area contributed by atoms with Gasteiger partial charge in [0.25, 0.3) is 0 Å². The molecule has 1 aromatic rings. The lowest BCUT2D eigenvalue weighted by atomic mass is 10.0. The van der Waals surface area contributed by atoms with Crippen LogP contribution in [0.15, 0.2) is 24.3 Å². The average Bonchev–Trinajstić information content (AvgIpc) is 2.10. The van der Waals surface area contributed by atoms with Crippen LogP contribution in [0.3, 0.4) is 0 Å². The van der Waals surface area contributed by atoms with Crippen LogP contribution in [0, 0.1) is 5.82 Å². The van der Waals surface area contributed by atoms with Crippen LogP contribution in [-0.2, 0) is 0 Å². The highest BCUT2D eigenvalue weighted by atomic mass is 32.1. The topological polar surface area (TPSA) is 26.0 Å². The first-order chi connectivity index (χ1) is 5.79. The maximum absolute atomic E-state index is 13.1. The van der Waals surface area contributed by atoms with Crippen molar-refractivity contribution in [2.75, 3.05) is 12.3 Å². The number of benzene rings is 1. The van der Waals surface area contributed by atoms with Gasteiger partial charge in [0.05, 0.1) is 0 Å². The van der Waals surface area contributed by atoms with E-state index < -0.39 is 0 Å². The normalized spacial score (nSPS) is 12.9. The van der Waals surface area contributed by atoms with Gasteiger partial charge in [-0.15, -0.1) is 0 Å². The Balaban J connectivity index is 2.92. The summed E-state index contributed by atoms with van der Waals surface area (Å²) in [6.07, 6.45) is 0. The van der Waals surface area contributed by atoms with Crippen LogP contribution < -0.4 is 5.73 Å². The third-order valence-electron chi connectivity index (χ3n) is 1.85. The first-order valence-electron chi connectivity index (χ1n) is 3.85. The van der Waals surface area contributed by atoms with E-state index in [0.29, 0.717) is 17.9 Å². The minimum Gasteiger partial charge on any atom is -0.330 e. The molecule has 0 spiro atoms. The molecule has 0 aliphatic heterocycles. The van der Waals surface area contributed by atoms with Gasteiger partial charge in [-0.3, -0.25) is 0 Å². The van der Waals surface area contributed by atoms with E-state index in [1.807, 2.05) is 6.07 Å². The van der Waals surface area contributed by atoms with Crippen LogP contribution in [-0.4, -0.2) is 12.3 Å². The molecule has 0 saturated heterocycles. The Bertz CT molecular complexity index is 248. The van der Waals surface area contributed by atoms with Gasteiger partial charge in [-0.2, -0.15) is 12.6 Å². The average molecular weight is 185 g/mol. The number of rotatable bonds is 3. The predicted octanol–water partition coefficient (Wildman–Crippen LogP) is 1.80. The molecule has 1 rings (SSSR count). The van der Waals surface area contributed by atoms with Gasteiger partial charge in [-0.25, -0.2) is 4.39 Å². The molecule has 0 aliphatic rings. The smallest absolute Gasteiger partial charge is 0.126 e. The summed E-state index contributed by atoms with van der Waals surface area (Å²) in [5, 5.41) is 0. The summed E-state index contributed by atoms with van der Waals surface area (Å²) in [6, 6.07) is 6.68. The fourth-order valence-electron chi connectivity index (χ4n) is 1.11. The summed E-state index contributed by atoms with van der Waals surface area (Å²) >= 11 is 4.11. The highest BCUT2D eigenvalue weighted by molar-refractivity contribution is 7.80. The van der Waals surface area contributed by atoms with Gasteiger partial charge in [-0.1, -0.05) is 18.2 Å². The summed E-state index contributed by atoms with van der Waals surface area (Å²) in [4.78, 5) is 0. The minimum absolute atomic E-state index is 0.0227. The highest BCUT2D eigenvalue weighted by Gasteiger charge is 2.10. The SMILES string of the molecule is NCC(CS)c1ccccc1F. The molecule has 0 heterocycles. The van der Waals surface area contributed by atoms with Gasteiger partial charge < -0.3 is 5.73 Å². The van der Waals surface area contributed by atoms with Gasteiger partial charge in [0.15, 0.2) is 0 Å². The molecule has 0 bridgehead atoms. The van der Waals surface area contributed by atoms with E-state index in [1.165, 1.54) is 6.07 Å². The van der Waals surface area contributed by atoms with Gasteiger partial charge in [-0.05, 0) is 17.4 Å². The van der Waals surface area contributed by atoms with Gasteiger partial charge in [0.1, 0.15) is 5.82 Å². The van der Waals surface area contributed by atoms with E-state index in [9.17, 15) is 4.39 Å². The van der Waals surface area contributed by atoms with Crippen molar-refractivity contribution in [3.63, 3.8) is 0 Å². The van der Waals surface area contributed by atoms with Crippen molar-refractivity contribution >= 4 is 12.6 Å². The Morgan fingerprint density at radius 3 is 2.58 bits per heavy atom. The Labute approximate surface area is 77.2 Å². The molecule has 3 heteroatoms. The molecule has 12 heavy (non-hydrogen) atoms. The number of thiol groups is 1. The van der Waals surface area contributed by atoms with Crippen LogP contribution in [0.2, 0.25) is 0 Å². The summed E-state index contributed by atoms with van der Waals surface area (Å²) in [7, 11) is 0. The third kappa shape index (κ3) is 1.99. The first kappa shape index (κ1) is 9.55. The van der Waals surface area contributed by atoms with E-state index in [-0.39, 0.29) is 11.7 Å². The zero-order valence-corrected chi connectivity index (χ0v) is 7.60. The number of hydrogen-bond donors (Lipinski definition) is 2. The minimum atomic E-state index is -0.193. The van der Waals surface area contributed by atoms with Crippen molar-refractivity contribution < 1.29 is 4.39 Å². The van der Waals surface area contributed by atoms with E-state index in [4.69, 9.17) is 5.73 Å². The molecule has 1 aromatic carbocycles. The molecule has 0 aromatic heterocycles. The number of nitrogens with two attached hydrogens (primary N) is 1. The van der Waals surface area contributed by atoms with Crippen molar-refractivity contribution in [2.45, 2.75) is 5.92 Å². The van der Waals surface area contributed by atoms with E-state index >= 15 is 0 Å². The molecule has 0 saturated carbocycles. The van der Waals surface area contributed by atoms with Crippen LogP contribution in [0.25, 0.3) is 0 Å². The standard InChI is InChI=1S/C9H12FNS/c10-9-4-2-1-3-8(9)7(5-11)6-12/h1-4,7,12H,5-6,11H2. The van der Waals surface area contributed by atoms with Crippen LogP contribution in [0.5, 0.6) is 0 Å². The second kappa shape index (κ2) is 4.48. The molecule has 1 atom stereocenters. The number of hydrogen-bond acceptors (Lipinski definition) is 2. The summed E-state index contributed by atoms with van der Waals surface area (Å²) in [6.45, 7) is 0.435. The van der Waals surface area contributed by atoms with E-state index in [2.05, 4.69) is 12.6 Å². The lowest BCUT2D eigenvalue weighted by Gasteiger charge is -2.12. The Morgan fingerprint density at radius 1 is 1.42 bits per heavy atom. The zero-order valence-electron chi connectivity index (χ0n) is 6.70. The second-order valence-electron chi connectivity index (χ2n) is 2.64. The molecule has 66 valence electrons. The van der Waals surface area contributed by atoms with Crippen molar-refractivity contribution in [2.24, 2.45) is 5.73 Å². The number of halogens is 1. The fourth-order valence-corrected chi connectivity index (χ4v) is 1.45. The van der Waals surface area contributed by atoms with Crippen LogP contribution in [0.1, 0.15) is 11.5 Å². The van der Waals surface area contributed by atoms with E-state index in [1.54, 1.807) is 12.1 Å². The molecule has 0 aliphatic carbocycles. The highest BCUT2D eigenvalue weighted by Crippen LogP contribution is 2.18. The largest absolute Gasteiger partial charge is 0.330 e. The van der Waals surface area contributed by atoms with Gasteiger partial charge >= 0.3 is 0 Å². The summed E-state index contributed by atoms with van der Waals surface area (Å²) in [5.74, 6) is 0.411. The Morgan fingerprint density at radius 2 is 2.08 bits per heavy atom. The van der Waals surface area contributed by atoms with E-state index in [0.717, 1.165) is 0 Å². The molecule has 2 N–H and O–H groups in total. The quantitative estimate of drug-likeness (QED) is 0.690. The maximum Gasteiger partial charge on any atom is 0.126 e. The van der Waals surface area contributed by atoms with Crippen LogP contribution in [0.4, 0.5) is 4.39 Å². The van der Waals surface area contributed by atoms with Crippen molar-refractivity contribution in [1.82, 2.24) is 0 Å². The van der Waals surface area contributed by atoms with Crippen molar-refractivity contribution in [3.8, 4) is 0 Å². The summed E-state index contributed by atoms with van der Waals surface area (Å²) < 4.78 is 13.1. The van der Waals surface area contributed by atoms with Crippen LogP contribution >= 0.6 is 12.6 Å². The fraction of sp³-hybridized carbons (Fsp3) is 0.333. The Kier molecular flexibility index (Phi) is 3.56. The van der Waals surface area contributed by atoms with Crippen molar-refractivity contribution in [1.29, 1.82) is 0 Å². The molecular formula is C9H12FNS. The zero-order chi connectivity index (χ0) is 8.97. The lowest BCUT2D eigenvalue weighted by Crippen LogP contribution is -2.15. The maximum atomic E-state index is 13.1. The molecule has 0 radical (unpaired) electrons. The molecule has 0 fully saturated rings. The predicted molar refractivity (Wildman–Crippen MR) is 52.0 cm³/mol. The molecule has 1 nitrogen and oxygen atoms in total. The monoisotopic (exact) mass is 185 g/mol. The molecule has 0 amide bonds. The van der Waals surface area contributed by atoms with Crippen molar-refractivity contribution in [3.05, 3.63) is 35.6 Å². The molecule has 1 unspecified atom stereocenters.